The third-order valence-corrected chi connectivity index (χ3v) is 5.82. The topological polar surface area (TPSA) is 24.1 Å². The van der Waals surface area contributed by atoms with Crippen molar-refractivity contribution in [3.05, 3.63) is 53.6 Å². The van der Waals surface area contributed by atoms with Gasteiger partial charge >= 0.3 is 0 Å². The first-order valence-corrected chi connectivity index (χ1v) is 8.48. The molecule has 0 aromatic heterocycles. The Bertz CT molecular complexity index is 668. The zero-order chi connectivity index (χ0) is 14.2. The van der Waals surface area contributed by atoms with Gasteiger partial charge in [-0.25, -0.2) is 0 Å². The van der Waals surface area contributed by atoms with Crippen molar-refractivity contribution < 1.29 is 0 Å². The Hall–Kier alpha value is -1.45. The van der Waals surface area contributed by atoms with Crippen LogP contribution in [0.3, 0.4) is 0 Å². The van der Waals surface area contributed by atoms with Crippen LogP contribution in [0.1, 0.15) is 23.5 Å². The molecule has 0 spiro atoms. The van der Waals surface area contributed by atoms with Gasteiger partial charge in [0.05, 0.1) is 5.69 Å². The van der Waals surface area contributed by atoms with Gasteiger partial charge in [0.1, 0.15) is 0 Å². The molecular formula is C18H20N2S. The average molecular weight is 296 g/mol. The van der Waals surface area contributed by atoms with E-state index in [0.29, 0.717) is 12.0 Å². The van der Waals surface area contributed by atoms with E-state index in [1.54, 1.807) is 0 Å². The second kappa shape index (κ2) is 5.39. The molecule has 0 saturated carbocycles. The number of nitrogens with one attached hydrogen (secondary N) is 2. The lowest BCUT2D eigenvalue weighted by molar-refractivity contribution is 0.440. The maximum atomic E-state index is 3.78. The number of para-hydroxylation sites is 1. The Morgan fingerprint density at radius 2 is 1.90 bits per heavy atom. The highest BCUT2D eigenvalue weighted by Gasteiger charge is 2.35. The molecule has 0 aliphatic carbocycles. The lowest BCUT2D eigenvalue weighted by atomic mass is 9.91. The van der Waals surface area contributed by atoms with E-state index in [1.165, 1.54) is 33.0 Å². The zero-order valence-corrected chi connectivity index (χ0v) is 13.0. The van der Waals surface area contributed by atoms with Crippen LogP contribution in [0.25, 0.3) is 0 Å². The van der Waals surface area contributed by atoms with Gasteiger partial charge < -0.3 is 10.6 Å². The molecular weight excluding hydrogens is 276 g/mol. The SMILES string of the molecule is Cc1ccccc1Sc1cccc2c1N[C@@H]1CCNC[C@H]21. The molecule has 4 rings (SSSR count). The molecule has 2 N–H and O–H groups in total. The van der Waals surface area contributed by atoms with Gasteiger partial charge in [-0.3, -0.25) is 0 Å². The van der Waals surface area contributed by atoms with E-state index in [4.69, 9.17) is 0 Å². The van der Waals surface area contributed by atoms with Crippen LogP contribution in [0.5, 0.6) is 0 Å². The molecule has 2 heterocycles. The van der Waals surface area contributed by atoms with Crippen LogP contribution < -0.4 is 10.6 Å². The summed E-state index contributed by atoms with van der Waals surface area (Å²) in [6.07, 6.45) is 1.22. The van der Waals surface area contributed by atoms with Crippen molar-refractivity contribution in [1.29, 1.82) is 0 Å². The number of rotatable bonds is 2. The van der Waals surface area contributed by atoms with Crippen molar-refractivity contribution in [2.24, 2.45) is 0 Å². The molecule has 2 aromatic carbocycles. The van der Waals surface area contributed by atoms with Crippen molar-refractivity contribution in [2.45, 2.75) is 35.1 Å². The van der Waals surface area contributed by atoms with E-state index in [-0.39, 0.29) is 0 Å². The highest BCUT2D eigenvalue weighted by molar-refractivity contribution is 7.99. The number of aryl methyl sites for hydroxylation is 1. The number of piperidine rings is 1. The Kier molecular flexibility index (Phi) is 3.40. The molecule has 21 heavy (non-hydrogen) atoms. The molecule has 2 atom stereocenters. The van der Waals surface area contributed by atoms with Gasteiger partial charge in [0.25, 0.3) is 0 Å². The average Bonchev–Trinajstić information content (AvgIpc) is 2.89. The Morgan fingerprint density at radius 3 is 2.81 bits per heavy atom. The number of hydrogen-bond donors (Lipinski definition) is 2. The van der Waals surface area contributed by atoms with Crippen molar-refractivity contribution in [3.63, 3.8) is 0 Å². The van der Waals surface area contributed by atoms with Gasteiger partial charge in [0, 0.05) is 28.3 Å². The quantitative estimate of drug-likeness (QED) is 0.875. The number of hydrogen-bond acceptors (Lipinski definition) is 3. The largest absolute Gasteiger partial charge is 0.380 e. The summed E-state index contributed by atoms with van der Waals surface area (Å²) in [5.41, 5.74) is 4.20. The lowest BCUT2D eigenvalue weighted by Gasteiger charge is -2.26. The number of fused-ring (bicyclic) bond motifs is 3. The first kappa shape index (κ1) is 13.2. The van der Waals surface area contributed by atoms with Crippen LogP contribution in [0.2, 0.25) is 0 Å². The van der Waals surface area contributed by atoms with Crippen LogP contribution in [0, 0.1) is 6.92 Å². The summed E-state index contributed by atoms with van der Waals surface area (Å²) in [4.78, 5) is 2.71. The first-order valence-electron chi connectivity index (χ1n) is 7.66. The third-order valence-electron chi connectivity index (χ3n) is 4.58. The van der Waals surface area contributed by atoms with Crippen molar-refractivity contribution in [1.82, 2.24) is 5.32 Å². The van der Waals surface area contributed by atoms with Gasteiger partial charge in [-0.2, -0.15) is 0 Å². The second-order valence-corrected chi connectivity index (χ2v) is 7.02. The molecule has 3 heteroatoms. The molecule has 1 fully saturated rings. The number of benzene rings is 2. The molecule has 2 aromatic rings. The maximum absolute atomic E-state index is 3.78. The molecule has 0 bridgehead atoms. The van der Waals surface area contributed by atoms with E-state index in [1.807, 2.05) is 11.8 Å². The maximum Gasteiger partial charge on any atom is 0.0521 e. The van der Waals surface area contributed by atoms with Gasteiger partial charge in [0.2, 0.25) is 0 Å². The standard InChI is InChI=1S/C18H20N2S/c1-12-5-2-3-7-16(12)21-17-8-4-6-13-14-11-19-10-9-15(14)20-18(13)17/h2-8,14-15,19-20H,9-11H2,1H3/t14-,15-/m1/s1. The monoisotopic (exact) mass is 296 g/mol. The normalized spacial score (nSPS) is 23.3. The Balaban J connectivity index is 1.69. The molecule has 0 unspecified atom stereocenters. The number of anilines is 1. The summed E-state index contributed by atoms with van der Waals surface area (Å²) in [5, 5.41) is 7.31. The first-order chi connectivity index (χ1) is 10.3. The summed E-state index contributed by atoms with van der Waals surface area (Å²) in [5.74, 6) is 0.631. The molecule has 0 radical (unpaired) electrons. The van der Waals surface area contributed by atoms with Crippen molar-refractivity contribution >= 4 is 17.4 Å². The van der Waals surface area contributed by atoms with Crippen LogP contribution in [0.15, 0.2) is 52.3 Å². The summed E-state index contributed by atoms with van der Waals surface area (Å²) in [7, 11) is 0. The fourth-order valence-electron chi connectivity index (χ4n) is 3.43. The van der Waals surface area contributed by atoms with Gasteiger partial charge in [-0.1, -0.05) is 42.1 Å². The van der Waals surface area contributed by atoms with Gasteiger partial charge in [-0.05, 0) is 43.1 Å². The summed E-state index contributed by atoms with van der Waals surface area (Å²) in [6.45, 7) is 4.41. The lowest BCUT2D eigenvalue weighted by Crippen LogP contribution is -2.38. The van der Waals surface area contributed by atoms with Crippen molar-refractivity contribution in [3.8, 4) is 0 Å². The summed E-state index contributed by atoms with van der Waals surface area (Å²) in [6, 6.07) is 16.0. The minimum atomic E-state index is 0.611. The zero-order valence-electron chi connectivity index (χ0n) is 12.2. The van der Waals surface area contributed by atoms with Gasteiger partial charge in [0.15, 0.2) is 0 Å². The molecule has 2 aliphatic heterocycles. The van der Waals surface area contributed by atoms with Gasteiger partial charge in [-0.15, -0.1) is 0 Å². The van der Waals surface area contributed by atoms with E-state index in [2.05, 4.69) is 60.0 Å². The molecule has 0 amide bonds. The van der Waals surface area contributed by atoms with E-state index < -0.39 is 0 Å². The van der Waals surface area contributed by atoms with Crippen LogP contribution in [0.4, 0.5) is 5.69 Å². The predicted octanol–water partition coefficient (Wildman–Crippen LogP) is 4.02. The summed E-state index contributed by atoms with van der Waals surface area (Å²) >= 11 is 1.88. The predicted molar refractivity (Wildman–Crippen MR) is 89.4 cm³/mol. The highest BCUT2D eigenvalue weighted by Crippen LogP contribution is 2.45. The van der Waals surface area contributed by atoms with Crippen LogP contribution in [-0.2, 0) is 0 Å². The van der Waals surface area contributed by atoms with Crippen LogP contribution >= 0.6 is 11.8 Å². The second-order valence-electron chi connectivity index (χ2n) is 5.94. The van der Waals surface area contributed by atoms with E-state index in [9.17, 15) is 0 Å². The minimum absolute atomic E-state index is 0.611. The Labute approximate surface area is 130 Å². The molecule has 2 nitrogen and oxygen atoms in total. The minimum Gasteiger partial charge on any atom is -0.380 e. The molecule has 108 valence electrons. The Morgan fingerprint density at radius 1 is 1.05 bits per heavy atom. The fourth-order valence-corrected chi connectivity index (χ4v) is 4.47. The van der Waals surface area contributed by atoms with E-state index >= 15 is 0 Å². The summed E-state index contributed by atoms with van der Waals surface area (Å²) < 4.78 is 0. The molecule has 1 saturated heterocycles. The smallest absolute Gasteiger partial charge is 0.0521 e. The van der Waals surface area contributed by atoms with E-state index in [0.717, 1.165) is 13.1 Å². The highest BCUT2D eigenvalue weighted by atomic mass is 32.2. The molecule has 2 aliphatic rings. The third kappa shape index (κ3) is 2.34. The van der Waals surface area contributed by atoms with Crippen LogP contribution in [-0.4, -0.2) is 19.1 Å². The van der Waals surface area contributed by atoms with Crippen molar-refractivity contribution in [2.75, 3.05) is 18.4 Å². The fraction of sp³-hybridized carbons (Fsp3) is 0.333.